The van der Waals surface area contributed by atoms with Gasteiger partial charge in [0.25, 0.3) is 0 Å². The molecule has 2 unspecified atom stereocenters. The van der Waals surface area contributed by atoms with E-state index in [9.17, 15) is 0 Å². The monoisotopic (exact) mass is 298 g/mol. The maximum atomic E-state index is 5.87. The largest absolute Gasteiger partial charge is 0.271 e. The van der Waals surface area contributed by atoms with Crippen molar-refractivity contribution in [3.8, 4) is 0 Å². The fourth-order valence-corrected chi connectivity index (χ4v) is 4.51. The highest BCUT2D eigenvalue weighted by atomic mass is 32.2. The van der Waals surface area contributed by atoms with E-state index in [1.165, 1.54) is 27.1 Å². The summed E-state index contributed by atoms with van der Waals surface area (Å²) in [5, 5.41) is 0.506. The highest BCUT2D eigenvalue weighted by Crippen LogP contribution is 2.39. The van der Waals surface area contributed by atoms with Crippen LogP contribution in [0.15, 0.2) is 47.4 Å². The number of thioether (sulfide) groups is 1. The summed E-state index contributed by atoms with van der Waals surface area (Å²) >= 11 is 1.96. The molecule has 1 aliphatic heterocycles. The van der Waals surface area contributed by atoms with Crippen LogP contribution in [0.25, 0.3) is 0 Å². The van der Waals surface area contributed by atoms with Crippen molar-refractivity contribution >= 4 is 11.8 Å². The molecular formula is C18H22N2S. The number of benzene rings is 2. The van der Waals surface area contributed by atoms with E-state index in [0.717, 1.165) is 12.8 Å². The van der Waals surface area contributed by atoms with E-state index in [0.29, 0.717) is 11.3 Å². The Hall–Kier alpha value is -1.29. The van der Waals surface area contributed by atoms with E-state index in [-0.39, 0.29) is 0 Å². The van der Waals surface area contributed by atoms with Crippen LogP contribution < -0.4 is 11.3 Å². The molecule has 0 amide bonds. The summed E-state index contributed by atoms with van der Waals surface area (Å²) < 4.78 is 0. The average Bonchev–Trinajstić information content (AvgIpc) is 2.90. The van der Waals surface area contributed by atoms with Crippen LogP contribution in [-0.4, -0.2) is 11.3 Å². The van der Waals surface area contributed by atoms with Gasteiger partial charge in [0.05, 0.1) is 0 Å². The topological polar surface area (TPSA) is 38.0 Å². The van der Waals surface area contributed by atoms with Crippen molar-refractivity contribution in [2.24, 2.45) is 5.84 Å². The molecule has 0 bridgehead atoms. The zero-order valence-electron chi connectivity index (χ0n) is 12.6. The minimum atomic E-state index is 0.294. The number of nitrogens with one attached hydrogen (secondary N) is 1. The smallest absolute Gasteiger partial charge is 0.0376 e. The summed E-state index contributed by atoms with van der Waals surface area (Å²) in [7, 11) is 0. The number of hydrogen-bond donors (Lipinski definition) is 2. The minimum Gasteiger partial charge on any atom is -0.271 e. The van der Waals surface area contributed by atoms with Crippen LogP contribution in [0.5, 0.6) is 0 Å². The van der Waals surface area contributed by atoms with Crippen LogP contribution in [0.1, 0.15) is 22.3 Å². The Morgan fingerprint density at radius 1 is 1.14 bits per heavy atom. The zero-order chi connectivity index (χ0) is 14.8. The van der Waals surface area contributed by atoms with Gasteiger partial charge in [-0.15, -0.1) is 11.8 Å². The van der Waals surface area contributed by atoms with Gasteiger partial charge in [0.15, 0.2) is 0 Å². The summed E-state index contributed by atoms with van der Waals surface area (Å²) in [5.41, 5.74) is 8.66. The molecule has 2 nitrogen and oxygen atoms in total. The number of aryl methyl sites for hydroxylation is 2. The van der Waals surface area contributed by atoms with Crippen molar-refractivity contribution < 1.29 is 0 Å². The van der Waals surface area contributed by atoms with E-state index in [1.807, 2.05) is 11.8 Å². The number of hydrogen-bond acceptors (Lipinski definition) is 3. The van der Waals surface area contributed by atoms with Crippen LogP contribution in [0.3, 0.4) is 0 Å². The number of rotatable bonds is 4. The lowest BCUT2D eigenvalue weighted by molar-refractivity contribution is 0.505. The molecule has 0 spiro atoms. The maximum absolute atomic E-state index is 5.87. The van der Waals surface area contributed by atoms with Crippen LogP contribution in [0.4, 0.5) is 0 Å². The lowest BCUT2D eigenvalue weighted by atomic mass is 9.93. The Bertz CT molecular complexity index is 594. The molecule has 3 rings (SSSR count). The normalized spacial score (nSPS) is 18.5. The summed E-state index contributed by atoms with van der Waals surface area (Å²) in [4.78, 5) is 1.41. The van der Waals surface area contributed by atoms with Gasteiger partial charge < -0.3 is 0 Å². The number of fused-ring (bicyclic) bond motifs is 1. The molecule has 2 aromatic carbocycles. The molecule has 2 aromatic rings. The maximum Gasteiger partial charge on any atom is 0.0376 e. The van der Waals surface area contributed by atoms with E-state index >= 15 is 0 Å². The summed E-state index contributed by atoms with van der Waals surface area (Å²) in [6.07, 6.45) is 2.08. The first kappa shape index (κ1) is 14.6. The van der Waals surface area contributed by atoms with E-state index in [1.54, 1.807) is 0 Å². The molecule has 0 fully saturated rings. The molecule has 0 saturated heterocycles. The third-order valence-electron chi connectivity index (χ3n) is 4.40. The first-order valence-electron chi connectivity index (χ1n) is 7.45. The minimum absolute atomic E-state index is 0.294. The average molecular weight is 298 g/mol. The van der Waals surface area contributed by atoms with Gasteiger partial charge in [-0.05, 0) is 55.0 Å². The lowest BCUT2D eigenvalue weighted by Crippen LogP contribution is -2.44. The predicted octanol–water partition coefficient (Wildman–Crippen LogP) is 3.39. The van der Waals surface area contributed by atoms with Gasteiger partial charge in [-0.1, -0.05) is 36.4 Å². The van der Waals surface area contributed by atoms with E-state index in [2.05, 4.69) is 61.7 Å². The predicted molar refractivity (Wildman–Crippen MR) is 90.5 cm³/mol. The van der Waals surface area contributed by atoms with Crippen molar-refractivity contribution in [3.05, 3.63) is 64.7 Å². The standard InChI is InChI=1S/C18H22N2S/c1-12-6-5-7-13(2)15(12)11-16(20-19)18-10-14-8-3-4-9-17(14)21-18/h3-9,16,18,20H,10-11,19H2,1-2H3. The molecule has 0 radical (unpaired) electrons. The summed E-state index contributed by atoms with van der Waals surface area (Å²) in [6, 6.07) is 15.5. The molecule has 3 heteroatoms. The van der Waals surface area contributed by atoms with Gasteiger partial charge in [0, 0.05) is 16.2 Å². The second kappa shape index (κ2) is 6.22. The van der Waals surface area contributed by atoms with Crippen LogP contribution >= 0.6 is 11.8 Å². The molecular weight excluding hydrogens is 276 g/mol. The third kappa shape index (κ3) is 3.00. The van der Waals surface area contributed by atoms with Gasteiger partial charge in [-0.3, -0.25) is 11.3 Å². The van der Waals surface area contributed by atoms with Crippen LogP contribution in [0.2, 0.25) is 0 Å². The fraction of sp³-hybridized carbons (Fsp3) is 0.333. The van der Waals surface area contributed by atoms with E-state index in [4.69, 9.17) is 5.84 Å². The summed E-state index contributed by atoms with van der Waals surface area (Å²) in [5.74, 6) is 5.87. The van der Waals surface area contributed by atoms with Gasteiger partial charge >= 0.3 is 0 Å². The Morgan fingerprint density at radius 2 is 1.86 bits per heavy atom. The molecule has 0 aromatic heterocycles. The lowest BCUT2D eigenvalue weighted by Gasteiger charge is -2.23. The first-order chi connectivity index (χ1) is 10.2. The van der Waals surface area contributed by atoms with Gasteiger partial charge in [0.2, 0.25) is 0 Å². The molecule has 0 saturated carbocycles. The Kier molecular flexibility index (Phi) is 4.34. The van der Waals surface area contributed by atoms with Crippen molar-refractivity contribution in [2.75, 3.05) is 0 Å². The van der Waals surface area contributed by atoms with Crippen LogP contribution in [0, 0.1) is 13.8 Å². The Balaban J connectivity index is 1.78. The molecule has 21 heavy (non-hydrogen) atoms. The molecule has 0 aliphatic carbocycles. The Labute approximate surface area is 131 Å². The van der Waals surface area contributed by atoms with Crippen molar-refractivity contribution in [2.45, 2.75) is 42.9 Å². The Morgan fingerprint density at radius 3 is 2.52 bits per heavy atom. The molecule has 110 valence electrons. The highest BCUT2D eigenvalue weighted by molar-refractivity contribution is 8.00. The van der Waals surface area contributed by atoms with Crippen LogP contribution in [-0.2, 0) is 12.8 Å². The highest BCUT2D eigenvalue weighted by Gasteiger charge is 2.29. The SMILES string of the molecule is Cc1cccc(C)c1CC(NN)C1Cc2ccccc2S1. The summed E-state index contributed by atoms with van der Waals surface area (Å²) in [6.45, 7) is 4.37. The van der Waals surface area contributed by atoms with Crippen molar-refractivity contribution in [1.82, 2.24) is 5.43 Å². The molecule has 1 aliphatic rings. The number of nitrogens with two attached hydrogens (primary N) is 1. The molecule has 2 atom stereocenters. The van der Waals surface area contributed by atoms with Crippen molar-refractivity contribution in [3.63, 3.8) is 0 Å². The number of hydrazine groups is 1. The van der Waals surface area contributed by atoms with Gasteiger partial charge in [0.1, 0.15) is 0 Å². The molecule has 1 heterocycles. The van der Waals surface area contributed by atoms with E-state index < -0.39 is 0 Å². The second-order valence-electron chi connectivity index (χ2n) is 5.82. The molecule has 3 N–H and O–H groups in total. The third-order valence-corrected chi connectivity index (χ3v) is 5.85. The quantitative estimate of drug-likeness (QED) is 0.671. The fourth-order valence-electron chi connectivity index (χ4n) is 3.12. The second-order valence-corrected chi connectivity index (χ2v) is 7.10. The van der Waals surface area contributed by atoms with Gasteiger partial charge in [-0.2, -0.15) is 0 Å². The van der Waals surface area contributed by atoms with Gasteiger partial charge in [-0.25, -0.2) is 0 Å². The zero-order valence-corrected chi connectivity index (χ0v) is 13.4. The van der Waals surface area contributed by atoms with Crippen molar-refractivity contribution in [1.29, 1.82) is 0 Å². The first-order valence-corrected chi connectivity index (χ1v) is 8.33.